The molecule has 1 saturated heterocycles. The first-order valence-electron chi connectivity index (χ1n) is 9.86. The Morgan fingerprint density at radius 2 is 2.07 bits per heavy atom. The lowest BCUT2D eigenvalue weighted by molar-refractivity contribution is -0.0132. The zero-order valence-corrected chi connectivity index (χ0v) is 16.5. The number of benzene rings is 1. The highest BCUT2D eigenvalue weighted by atomic mass is 16.5. The van der Waals surface area contributed by atoms with Crippen LogP contribution in [0, 0.1) is 13.8 Å². The predicted molar refractivity (Wildman–Crippen MR) is 109 cm³/mol. The lowest BCUT2D eigenvalue weighted by atomic mass is 10.0. The Morgan fingerprint density at radius 1 is 1.21 bits per heavy atom. The molecule has 0 N–H and O–H groups in total. The van der Waals surface area contributed by atoms with Gasteiger partial charge in [0.2, 0.25) is 0 Å². The first-order valence-corrected chi connectivity index (χ1v) is 9.86. The molecule has 0 aliphatic carbocycles. The Bertz CT molecular complexity index is 1010. The van der Waals surface area contributed by atoms with Gasteiger partial charge in [0.25, 0.3) is 0 Å². The van der Waals surface area contributed by atoms with Crippen LogP contribution in [0.1, 0.15) is 35.2 Å². The van der Waals surface area contributed by atoms with Gasteiger partial charge in [-0.1, -0.05) is 6.07 Å². The maximum atomic E-state index is 12.0. The number of aryl methyl sites for hydroxylation is 2. The molecule has 5 heteroatoms. The number of likely N-dealkylation sites (tertiary alicyclic amines) is 1. The third-order valence-corrected chi connectivity index (χ3v) is 5.49. The summed E-state index contributed by atoms with van der Waals surface area (Å²) in [5, 5.41) is 1.03. The third-order valence-electron chi connectivity index (χ3n) is 5.49. The van der Waals surface area contributed by atoms with Crippen LogP contribution in [0.3, 0.4) is 0 Å². The molecule has 146 valence electrons. The average Bonchev–Trinajstić information content (AvgIpc) is 2.69. The minimum absolute atomic E-state index is 0.186. The normalized spacial score (nSPS) is 17.9. The molecule has 0 bridgehead atoms. The predicted octanol–water partition coefficient (Wildman–Crippen LogP) is 3.99. The van der Waals surface area contributed by atoms with Crippen molar-refractivity contribution in [1.29, 1.82) is 0 Å². The van der Waals surface area contributed by atoms with Gasteiger partial charge in [0.05, 0.1) is 18.4 Å². The van der Waals surface area contributed by atoms with E-state index in [2.05, 4.69) is 22.9 Å². The van der Waals surface area contributed by atoms with Crippen molar-refractivity contribution in [2.75, 3.05) is 13.1 Å². The van der Waals surface area contributed by atoms with Gasteiger partial charge in [-0.3, -0.25) is 9.88 Å². The van der Waals surface area contributed by atoms with Gasteiger partial charge in [-0.25, -0.2) is 4.79 Å². The van der Waals surface area contributed by atoms with E-state index in [1.165, 1.54) is 5.56 Å². The first-order chi connectivity index (χ1) is 13.6. The Balaban J connectivity index is 1.48. The number of aromatic nitrogens is 1. The zero-order valence-electron chi connectivity index (χ0n) is 16.5. The lowest BCUT2D eigenvalue weighted by Crippen LogP contribution is -2.39. The van der Waals surface area contributed by atoms with Gasteiger partial charge >= 0.3 is 5.63 Å². The second kappa shape index (κ2) is 8.25. The SMILES string of the molecule is Cc1cc2oc(=O)cc(CN3CCCC(OCc4ccccn4)C3)c2cc1C. The van der Waals surface area contributed by atoms with E-state index in [4.69, 9.17) is 9.15 Å². The van der Waals surface area contributed by atoms with Crippen LogP contribution in [-0.2, 0) is 17.9 Å². The van der Waals surface area contributed by atoms with E-state index in [-0.39, 0.29) is 11.7 Å². The van der Waals surface area contributed by atoms with Gasteiger partial charge in [0, 0.05) is 30.7 Å². The third kappa shape index (κ3) is 4.32. The van der Waals surface area contributed by atoms with Crippen LogP contribution in [-0.4, -0.2) is 29.1 Å². The molecule has 0 spiro atoms. The van der Waals surface area contributed by atoms with E-state index in [0.29, 0.717) is 12.2 Å². The van der Waals surface area contributed by atoms with E-state index < -0.39 is 0 Å². The average molecular weight is 378 g/mol. The van der Waals surface area contributed by atoms with E-state index in [1.54, 1.807) is 12.3 Å². The van der Waals surface area contributed by atoms with Gasteiger partial charge in [0.15, 0.2) is 0 Å². The maximum Gasteiger partial charge on any atom is 0.336 e. The summed E-state index contributed by atoms with van der Waals surface area (Å²) in [5.74, 6) is 0. The van der Waals surface area contributed by atoms with E-state index in [1.807, 2.05) is 31.2 Å². The summed E-state index contributed by atoms with van der Waals surface area (Å²) in [5.41, 5.74) is 4.71. The second-order valence-electron chi connectivity index (χ2n) is 7.65. The quantitative estimate of drug-likeness (QED) is 0.629. The molecule has 0 saturated carbocycles. The van der Waals surface area contributed by atoms with Gasteiger partial charge in [-0.2, -0.15) is 0 Å². The van der Waals surface area contributed by atoms with E-state index >= 15 is 0 Å². The summed E-state index contributed by atoms with van der Waals surface area (Å²) in [4.78, 5) is 18.7. The van der Waals surface area contributed by atoms with E-state index in [9.17, 15) is 4.79 Å². The Hall–Kier alpha value is -2.50. The van der Waals surface area contributed by atoms with Gasteiger partial charge in [-0.05, 0) is 74.2 Å². The van der Waals surface area contributed by atoms with Crippen LogP contribution >= 0.6 is 0 Å². The highest BCUT2D eigenvalue weighted by Crippen LogP contribution is 2.24. The van der Waals surface area contributed by atoms with Crippen molar-refractivity contribution in [3.8, 4) is 0 Å². The fourth-order valence-corrected chi connectivity index (χ4v) is 3.83. The number of hydrogen-bond donors (Lipinski definition) is 0. The largest absolute Gasteiger partial charge is 0.423 e. The number of pyridine rings is 1. The fraction of sp³-hybridized carbons (Fsp3) is 0.391. The van der Waals surface area contributed by atoms with Crippen molar-refractivity contribution >= 4 is 11.0 Å². The van der Waals surface area contributed by atoms with Crippen LogP contribution in [0.25, 0.3) is 11.0 Å². The molecule has 1 aliphatic heterocycles. The fourth-order valence-electron chi connectivity index (χ4n) is 3.83. The molecule has 1 aromatic carbocycles. The summed E-state index contributed by atoms with van der Waals surface area (Å²) in [6.45, 7) is 7.26. The lowest BCUT2D eigenvalue weighted by Gasteiger charge is -2.32. The molecule has 2 aromatic heterocycles. The molecule has 1 aliphatic rings. The van der Waals surface area contributed by atoms with Crippen molar-refractivity contribution in [2.45, 2.75) is 45.9 Å². The minimum atomic E-state index is -0.286. The Morgan fingerprint density at radius 3 is 2.89 bits per heavy atom. The minimum Gasteiger partial charge on any atom is -0.423 e. The van der Waals surface area contributed by atoms with Crippen molar-refractivity contribution in [2.24, 2.45) is 0 Å². The number of fused-ring (bicyclic) bond motifs is 1. The van der Waals surface area contributed by atoms with Crippen molar-refractivity contribution in [3.05, 3.63) is 75.4 Å². The molecule has 1 unspecified atom stereocenters. The standard InChI is InChI=1S/C23H26N2O3/c1-16-10-21-18(12-23(26)28-22(21)11-17(16)2)13-25-9-5-7-20(14-25)27-15-19-6-3-4-8-24-19/h3-4,6,8,10-12,20H,5,7,9,13-15H2,1-2H3. The summed E-state index contributed by atoms with van der Waals surface area (Å²) < 4.78 is 11.5. The second-order valence-corrected chi connectivity index (χ2v) is 7.65. The summed E-state index contributed by atoms with van der Waals surface area (Å²) >= 11 is 0. The molecule has 28 heavy (non-hydrogen) atoms. The summed E-state index contributed by atoms with van der Waals surface area (Å²) in [6, 6.07) is 11.6. The number of ether oxygens (including phenoxy) is 1. The first kappa shape index (κ1) is 18.8. The Labute approximate surface area is 165 Å². The molecule has 4 rings (SSSR count). The zero-order chi connectivity index (χ0) is 19.5. The number of rotatable bonds is 5. The highest BCUT2D eigenvalue weighted by molar-refractivity contribution is 5.81. The molecule has 0 amide bonds. The van der Waals surface area contributed by atoms with Gasteiger partial charge in [0.1, 0.15) is 5.58 Å². The van der Waals surface area contributed by atoms with Crippen LogP contribution in [0.5, 0.6) is 0 Å². The van der Waals surface area contributed by atoms with Crippen LogP contribution < -0.4 is 5.63 Å². The van der Waals surface area contributed by atoms with Gasteiger partial charge < -0.3 is 9.15 Å². The monoisotopic (exact) mass is 378 g/mol. The molecule has 1 fully saturated rings. The topological polar surface area (TPSA) is 55.6 Å². The number of nitrogens with zero attached hydrogens (tertiary/aromatic N) is 2. The molecule has 3 aromatic rings. The maximum absolute atomic E-state index is 12.0. The number of hydrogen-bond acceptors (Lipinski definition) is 5. The van der Waals surface area contributed by atoms with Gasteiger partial charge in [-0.15, -0.1) is 0 Å². The molecule has 1 atom stereocenters. The van der Waals surface area contributed by atoms with Crippen molar-refractivity contribution in [1.82, 2.24) is 9.88 Å². The molecular weight excluding hydrogens is 352 g/mol. The Kier molecular flexibility index (Phi) is 5.55. The van der Waals surface area contributed by atoms with Crippen LogP contribution in [0.4, 0.5) is 0 Å². The van der Waals surface area contributed by atoms with Crippen LogP contribution in [0.2, 0.25) is 0 Å². The number of piperidine rings is 1. The molecule has 0 radical (unpaired) electrons. The molecule has 3 heterocycles. The van der Waals surface area contributed by atoms with Crippen molar-refractivity contribution < 1.29 is 9.15 Å². The highest BCUT2D eigenvalue weighted by Gasteiger charge is 2.22. The smallest absolute Gasteiger partial charge is 0.336 e. The van der Waals surface area contributed by atoms with Crippen LogP contribution in [0.15, 0.2) is 51.8 Å². The molecule has 5 nitrogen and oxygen atoms in total. The summed E-state index contributed by atoms with van der Waals surface area (Å²) in [7, 11) is 0. The van der Waals surface area contributed by atoms with Crippen molar-refractivity contribution in [3.63, 3.8) is 0 Å². The summed E-state index contributed by atoms with van der Waals surface area (Å²) in [6.07, 6.45) is 4.12. The molecular formula is C23H26N2O3. The van der Waals surface area contributed by atoms with E-state index in [0.717, 1.165) is 54.7 Å².